The molecular weight excluding hydrogens is 304 g/mol. The summed E-state index contributed by atoms with van der Waals surface area (Å²) < 4.78 is 4.78. The molecule has 0 fully saturated rings. The zero-order valence-electron chi connectivity index (χ0n) is 11.9. The van der Waals surface area contributed by atoms with Gasteiger partial charge in [0, 0.05) is 11.4 Å². The fourth-order valence-electron chi connectivity index (χ4n) is 1.77. The highest BCUT2D eigenvalue weighted by atomic mass is 35.5. The lowest BCUT2D eigenvalue weighted by Crippen LogP contribution is -2.14. The number of amides is 2. The minimum Gasteiger partial charge on any atom is -0.450 e. The van der Waals surface area contributed by atoms with Gasteiger partial charge in [0.2, 0.25) is 0 Å². The van der Waals surface area contributed by atoms with Crippen LogP contribution in [0, 0.1) is 0 Å². The Bertz CT molecular complexity index is 671. The van der Waals surface area contributed by atoms with E-state index in [9.17, 15) is 9.59 Å². The van der Waals surface area contributed by atoms with Gasteiger partial charge in [0.05, 0.1) is 17.2 Å². The Morgan fingerprint density at radius 2 is 1.59 bits per heavy atom. The molecule has 0 atom stereocenters. The highest BCUT2D eigenvalue weighted by Gasteiger charge is 2.09. The lowest BCUT2D eigenvalue weighted by atomic mass is 10.2. The molecule has 6 heteroatoms. The first-order chi connectivity index (χ1) is 10.6. The third-order valence-corrected chi connectivity index (χ3v) is 3.11. The second-order valence-electron chi connectivity index (χ2n) is 4.36. The highest BCUT2D eigenvalue weighted by Crippen LogP contribution is 2.18. The van der Waals surface area contributed by atoms with Crippen molar-refractivity contribution in [3.05, 3.63) is 59.1 Å². The second kappa shape index (κ2) is 7.47. The van der Waals surface area contributed by atoms with E-state index < -0.39 is 6.09 Å². The monoisotopic (exact) mass is 318 g/mol. The molecule has 114 valence electrons. The van der Waals surface area contributed by atoms with E-state index in [-0.39, 0.29) is 5.91 Å². The number of anilines is 2. The zero-order valence-corrected chi connectivity index (χ0v) is 12.7. The fourth-order valence-corrected chi connectivity index (χ4v) is 1.99. The molecule has 2 aromatic rings. The first kappa shape index (κ1) is 15.9. The van der Waals surface area contributed by atoms with Crippen LogP contribution in [0.3, 0.4) is 0 Å². The molecule has 0 aliphatic carbocycles. The van der Waals surface area contributed by atoms with Crippen molar-refractivity contribution in [1.29, 1.82) is 0 Å². The minimum atomic E-state index is -0.518. The molecule has 0 aromatic heterocycles. The smallest absolute Gasteiger partial charge is 0.411 e. The van der Waals surface area contributed by atoms with E-state index in [4.69, 9.17) is 16.3 Å². The van der Waals surface area contributed by atoms with Gasteiger partial charge in [-0.2, -0.15) is 0 Å². The van der Waals surface area contributed by atoms with Crippen LogP contribution in [0.15, 0.2) is 48.5 Å². The number of ether oxygens (including phenoxy) is 1. The molecule has 5 nitrogen and oxygen atoms in total. The fraction of sp³-hybridized carbons (Fsp3) is 0.125. The summed E-state index contributed by atoms with van der Waals surface area (Å²) in [4.78, 5) is 23.4. The number of carbonyl (C=O) groups excluding carboxylic acids is 2. The number of carbonyl (C=O) groups is 2. The molecule has 0 aliphatic heterocycles. The maximum Gasteiger partial charge on any atom is 0.411 e. The van der Waals surface area contributed by atoms with Crippen LogP contribution in [0.2, 0.25) is 5.02 Å². The van der Waals surface area contributed by atoms with Gasteiger partial charge in [-0.15, -0.1) is 0 Å². The Morgan fingerprint density at radius 1 is 1.00 bits per heavy atom. The number of rotatable bonds is 4. The normalized spacial score (nSPS) is 9.91. The van der Waals surface area contributed by atoms with Crippen LogP contribution in [-0.2, 0) is 4.74 Å². The van der Waals surface area contributed by atoms with Crippen LogP contribution >= 0.6 is 11.6 Å². The Kier molecular flexibility index (Phi) is 5.38. The van der Waals surface area contributed by atoms with E-state index in [1.807, 2.05) is 0 Å². The van der Waals surface area contributed by atoms with Gasteiger partial charge in [-0.3, -0.25) is 10.1 Å². The van der Waals surface area contributed by atoms with Crippen molar-refractivity contribution in [3.8, 4) is 0 Å². The largest absolute Gasteiger partial charge is 0.450 e. The van der Waals surface area contributed by atoms with Gasteiger partial charge in [0.1, 0.15) is 0 Å². The van der Waals surface area contributed by atoms with Crippen LogP contribution in [-0.4, -0.2) is 18.6 Å². The number of benzene rings is 2. The molecule has 0 aliphatic rings. The molecule has 0 radical (unpaired) electrons. The van der Waals surface area contributed by atoms with Crippen LogP contribution in [0.4, 0.5) is 16.2 Å². The van der Waals surface area contributed by atoms with Crippen LogP contribution in [0.5, 0.6) is 0 Å². The van der Waals surface area contributed by atoms with Gasteiger partial charge in [0.15, 0.2) is 0 Å². The summed E-state index contributed by atoms with van der Waals surface area (Å²) in [6.45, 7) is 2.03. The van der Waals surface area contributed by atoms with E-state index >= 15 is 0 Å². The summed E-state index contributed by atoms with van der Waals surface area (Å²) in [5, 5.41) is 5.70. The van der Waals surface area contributed by atoms with E-state index in [1.165, 1.54) is 0 Å². The number of halogens is 1. The summed E-state index contributed by atoms with van der Waals surface area (Å²) in [7, 11) is 0. The Morgan fingerprint density at radius 3 is 2.18 bits per heavy atom. The Hall–Kier alpha value is -2.53. The highest BCUT2D eigenvalue weighted by molar-refractivity contribution is 6.34. The van der Waals surface area contributed by atoms with Gasteiger partial charge in [-0.1, -0.05) is 23.7 Å². The Balaban J connectivity index is 2.01. The third kappa shape index (κ3) is 4.23. The molecule has 0 bridgehead atoms. The maximum absolute atomic E-state index is 12.1. The molecule has 22 heavy (non-hydrogen) atoms. The molecule has 0 heterocycles. The van der Waals surface area contributed by atoms with Gasteiger partial charge >= 0.3 is 6.09 Å². The van der Waals surface area contributed by atoms with Crippen molar-refractivity contribution in [2.75, 3.05) is 17.2 Å². The quantitative estimate of drug-likeness (QED) is 0.889. The molecular formula is C16H15ClN2O3. The lowest BCUT2D eigenvalue weighted by Gasteiger charge is -2.08. The summed E-state index contributed by atoms with van der Waals surface area (Å²) in [5.74, 6) is -0.295. The van der Waals surface area contributed by atoms with E-state index in [0.717, 1.165) is 0 Å². The van der Waals surface area contributed by atoms with E-state index in [2.05, 4.69) is 10.6 Å². The summed E-state index contributed by atoms with van der Waals surface area (Å²) in [5.41, 5.74) is 1.58. The topological polar surface area (TPSA) is 67.4 Å². The third-order valence-electron chi connectivity index (χ3n) is 2.78. The van der Waals surface area contributed by atoms with Crippen molar-refractivity contribution in [2.24, 2.45) is 0 Å². The van der Waals surface area contributed by atoms with Crippen molar-refractivity contribution in [3.63, 3.8) is 0 Å². The van der Waals surface area contributed by atoms with E-state index in [1.54, 1.807) is 55.5 Å². The van der Waals surface area contributed by atoms with Gasteiger partial charge in [0.25, 0.3) is 5.91 Å². The van der Waals surface area contributed by atoms with Crippen molar-refractivity contribution >= 4 is 35.0 Å². The first-order valence-corrected chi connectivity index (χ1v) is 7.07. The molecule has 0 unspecified atom stereocenters. The lowest BCUT2D eigenvalue weighted by molar-refractivity contribution is 0.102. The zero-order chi connectivity index (χ0) is 15.9. The van der Waals surface area contributed by atoms with Crippen LogP contribution in [0.1, 0.15) is 17.3 Å². The van der Waals surface area contributed by atoms with Gasteiger partial charge < -0.3 is 10.1 Å². The summed E-state index contributed by atoms with van der Waals surface area (Å²) >= 11 is 5.98. The molecule has 0 saturated carbocycles. The predicted molar refractivity (Wildman–Crippen MR) is 86.5 cm³/mol. The Labute approximate surface area is 133 Å². The number of hydrogen-bond acceptors (Lipinski definition) is 3. The van der Waals surface area contributed by atoms with Gasteiger partial charge in [-0.05, 0) is 43.3 Å². The number of nitrogens with one attached hydrogen (secondary N) is 2. The van der Waals surface area contributed by atoms with Crippen molar-refractivity contribution < 1.29 is 14.3 Å². The summed E-state index contributed by atoms with van der Waals surface area (Å²) in [6, 6.07) is 13.5. The minimum absolute atomic E-state index is 0.295. The molecule has 0 spiro atoms. The average molecular weight is 319 g/mol. The second-order valence-corrected chi connectivity index (χ2v) is 4.76. The summed E-state index contributed by atoms with van der Waals surface area (Å²) in [6.07, 6.45) is -0.518. The molecule has 2 rings (SSSR count). The maximum atomic E-state index is 12.1. The van der Waals surface area contributed by atoms with Crippen LogP contribution in [0.25, 0.3) is 0 Å². The van der Waals surface area contributed by atoms with Crippen LogP contribution < -0.4 is 10.6 Å². The average Bonchev–Trinajstić information content (AvgIpc) is 2.50. The SMILES string of the molecule is CCOC(=O)Nc1ccc(NC(=O)c2ccccc2Cl)cc1. The van der Waals surface area contributed by atoms with E-state index in [0.29, 0.717) is 28.6 Å². The molecule has 2 N–H and O–H groups in total. The first-order valence-electron chi connectivity index (χ1n) is 6.70. The number of hydrogen-bond donors (Lipinski definition) is 2. The molecule has 2 aromatic carbocycles. The van der Waals surface area contributed by atoms with Crippen molar-refractivity contribution in [2.45, 2.75) is 6.92 Å². The predicted octanol–water partition coefficient (Wildman–Crippen LogP) is 4.16. The van der Waals surface area contributed by atoms with Gasteiger partial charge in [-0.25, -0.2) is 4.79 Å². The molecule has 2 amide bonds. The van der Waals surface area contributed by atoms with Crippen molar-refractivity contribution in [1.82, 2.24) is 0 Å². The molecule has 0 saturated heterocycles. The standard InChI is InChI=1S/C16H15ClN2O3/c1-2-22-16(21)19-12-9-7-11(8-10-12)18-15(20)13-5-3-4-6-14(13)17/h3-10H,2H2,1H3,(H,18,20)(H,19,21).